The van der Waals surface area contributed by atoms with Crippen LogP contribution in [0.2, 0.25) is 0 Å². The zero-order valence-corrected chi connectivity index (χ0v) is 12.0. The quantitative estimate of drug-likeness (QED) is 0.853. The van der Waals surface area contributed by atoms with Crippen LogP contribution in [-0.4, -0.2) is 27.7 Å². The standard InChI is InChI=1S/C16H21N3O/c1-2-14-10-6-7-11-19(14)12-15-17-18-16(20-15)13-8-4-3-5-9-13/h3-5,8-9,14H,2,6-7,10-12H2,1H3/t14-/m1/s1. The molecule has 1 saturated heterocycles. The Labute approximate surface area is 119 Å². The van der Waals surface area contributed by atoms with E-state index in [4.69, 9.17) is 4.42 Å². The van der Waals surface area contributed by atoms with Crippen LogP contribution in [0.5, 0.6) is 0 Å². The lowest BCUT2D eigenvalue weighted by Gasteiger charge is -2.33. The number of benzene rings is 1. The molecule has 0 saturated carbocycles. The average molecular weight is 271 g/mol. The summed E-state index contributed by atoms with van der Waals surface area (Å²) in [4.78, 5) is 2.48. The Balaban J connectivity index is 1.71. The molecular weight excluding hydrogens is 250 g/mol. The molecule has 0 radical (unpaired) electrons. The van der Waals surface area contributed by atoms with Gasteiger partial charge in [0.25, 0.3) is 0 Å². The third-order valence-electron chi connectivity index (χ3n) is 4.05. The molecule has 20 heavy (non-hydrogen) atoms. The van der Waals surface area contributed by atoms with Gasteiger partial charge in [-0.1, -0.05) is 31.5 Å². The zero-order chi connectivity index (χ0) is 13.8. The smallest absolute Gasteiger partial charge is 0.247 e. The minimum absolute atomic E-state index is 0.616. The minimum atomic E-state index is 0.616. The van der Waals surface area contributed by atoms with E-state index in [1.165, 1.54) is 25.7 Å². The maximum absolute atomic E-state index is 5.80. The fourth-order valence-electron chi connectivity index (χ4n) is 2.92. The minimum Gasteiger partial charge on any atom is -0.419 e. The topological polar surface area (TPSA) is 42.2 Å². The van der Waals surface area contributed by atoms with Gasteiger partial charge >= 0.3 is 0 Å². The van der Waals surface area contributed by atoms with Crippen molar-refractivity contribution in [3.8, 4) is 11.5 Å². The fourth-order valence-corrected chi connectivity index (χ4v) is 2.92. The second-order valence-corrected chi connectivity index (χ2v) is 5.40. The van der Waals surface area contributed by atoms with Crippen molar-refractivity contribution in [1.29, 1.82) is 0 Å². The molecule has 0 aliphatic carbocycles. The van der Waals surface area contributed by atoms with Gasteiger partial charge in [0.2, 0.25) is 11.8 Å². The van der Waals surface area contributed by atoms with E-state index in [2.05, 4.69) is 22.0 Å². The van der Waals surface area contributed by atoms with Gasteiger partial charge in [-0.05, 0) is 37.9 Å². The van der Waals surface area contributed by atoms with Gasteiger partial charge < -0.3 is 4.42 Å². The van der Waals surface area contributed by atoms with Crippen LogP contribution in [0.1, 0.15) is 38.5 Å². The molecule has 3 rings (SSSR count). The Kier molecular flexibility index (Phi) is 4.11. The number of aromatic nitrogens is 2. The predicted octanol–water partition coefficient (Wildman–Crippen LogP) is 3.50. The number of piperidine rings is 1. The second-order valence-electron chi connectivity index (χ2n) is 5.40. The highest BCUT2D eigenvalue weighted by molar-refractivity contribution is 5.51. The highest BCUT2D eigenvalue weighted by Gasteiger charge is 2.22. The Morgan fingerprint density at radius 3 is 2.85 bits per heavy atom. The molecule has 1 atom stereocenters. The van der Waals surface area contributed by atoms with Gasteiger partial charge in [-0.2, -0.15) is 0 Å². The third-order valence-corrected chi connectivity index (χ3v) is 4.05. The number of likely N-dealkylation sites (tertiary alicyclic amines) is 1. The van der Waals surface area contributed by atoms with Gasteiger partial charge in [0.05, 0.1) is 6.54 Å². The molecule has 4 nitrogen and oxygen atoms in total. The molecular formula is C16H21N3O. The lowest BCUT2D eigenvalue weighted by molar-refractivity contribution is 0.124. The van der Waals surface area contributed by atoms with E-state index >= 15 is 0 Å². The molecule has 0 amide bonds. The molecule has 1 fully saturated rings. The van der Waals surface area contributed by atoms with Crippen molar-refractivity contribution in [2.24, 2.45) is 0 Å². The van der Waals surface area contributed by atoms with Crippen molar-refractivity contribution in [3.63, 3.8) is 0 Å². The van der Waals surface area contributed by atoms with Gasteiger partial charge in [-0.25, -0.2) is 0 Å². The first-order valence-corrected chi connectivity index (χ1v) is 7.48. The number of hydrogen-bond donors (Lipinski definition) is 0. The molecule has 0 unspecified atom stereocenters. The molecule has 1 aliphatic heterocycles. The molecule has 0 N–H and O–H groups in total. The van der Waals surface area contributed by atoms with Crippen molar-refractivity contribution in [3.05, 3.63) is 36.2 Å². The Hall–Kier alpha value is -1.68. The van der Waals surface area contributed by atoms with Crippen LogP contribution in [0.25, 0.3) is 11.5 Å². The lowest BCUT2D eigenvalue weighted by Crippen LogP contribution is -2.38. The molecule has 1 aliphatic rings. The summed E-state index contributed by atoms with van der Waals surface area (Å²) >= 11 is 0. The summed E-state index contributed by atoms with van der Waals surface area (Å²) in [5.74, 6) is 1.34. The molecule has 106 valence electrons. The lowest BCUT2D eigenvalue weighted by atomic mass is 10.0. The highest BCUT2D eigenvalue weighted by atomic mass is 16.4. The first-order chi connectivity index (χ1) is 9.86. The molecule has 4 heteroatoms. The first kappa shape index (κ1) is 13.3. The van der Waals surface area contributed by atoms with Crippen LogP contribution < -0.4 is 0 Å². The van der Waals surface area contributed by atoms with Gasteiger partial charge in [0, 0.05) is 11.6 Å². The number of rotatable bonds is 4. The second kappa shape index (κ2) is 6.18. The summed E-state index contributed by atoms with van der Waals surface area (Å²) in [5, 5.41) is 8.36. The van der Waals surface area contributed by atoms with Gasteiger partial charge in [-0.15, -0.1) is 10.2 Å². The Morgan fingerprint density at radius 1 is 1.20 bits per heavy atom. The molecule has 0 spiro atoms. The van der Waals surface area contributed by atoms with E-state index in [0.717, 1.165) is 24.5 Å². The molecule has 1 aromatic heterocycles. The van der Waals surface area contributed by atoms with Crippen molar-refractivity contribution in [2.45, 2.75) is 45.2 Å². The zero-order valence-electron chi connectivity index (χ0n) is 12.0. The highest BCUT2D eigenvalue weighted by Crippen LogP contribution is 2.23. The monoisotopic (exact) mass is 271 g/mol. The van der Waals surface area contributed by atoms with Crippen molar-refractivity contribution >= 4 is 0 Å². The molecule has 0 bridgehead atoms. The summed E-state index contributed by atoms with van der Waals surface area (Å²) in [6.45, 7) is 4.17. The van der Waals surface area contributed by atoms with Gasteiger partial charge in [0.15, 0.2) is 0 Å². The first-order valence-electron chi connectivity index (χ1n) is 7.48. The molecule has 2 aromatic rings. The fraction of sp³-hybridized carbons (Fsp3) is 0.500. The van der Waals surface area contributed by atoms with Crippen LogP contribution in [-0.2, 0) is 6.54 Å². The van der Waals surface area contributed by atoms with E-state index in [9.17, 15) is 0 Å². The van der Waals surface area contributed by atoms with E-state index in [1.54, 1.807) is 0 Å². The van der Waals surface area contributed by atoms with Gasteiger partial charge in [-0.3, -0.25) is 4.90 Å². The largest absolute Gasteiger partial charge is 0.419 e. The number of hydrogen-bond acceptors (Lipinski definition) is 4. The Bertz CT molecular complexity index is 538. The van der Waals surface area contributed by atoms with Crippen molar-refractivity contribution < 1.29 is 4.42 Å². The SMILES string of the molecule is CC[C@@H]1CCCCN1Cc1nnc(-c2ccccc2)o1. The summed E-state index contributed by atoms with van der Waals surface area (Å²) in [7, 11) is 0. The summed E-state index contributed by atoms with van der Waals surface area (Å²) in [6, 6.07) is 10.6. The van der Waals surface area contributed by atoms with Crippen LogP contribution in [0.4, 0.5) is 0 Å². The van der Waals surface area contributed by atoms with Crippen molar-refractivity contribution in [1.82, 2.24) is 15.1 Å². The summed E-state index contributed by atoms with van der Waals surface area (Å²) < 4.78 is 5.80. The van der Waals surface area contributed by atoms with E-state index in [-0.39, 0.29) is 0 Å². The predicted molar refractivity (Wildman–Crippen MR) is 78.1 cm³/mol. The summed E-state index contributed by atoms with van der Waals surface area (Å²) in [5.41, 5.74) is 0.983. The van der Waals surface area contributed by atoms with E-state index < -0.39 is 0 Å². The summed E-state index contributed by atoms with van der Waals surface area (Å²) in [6.07, 6.45) is 5.10. The maximum Gasteiger partial charge on any atom is 0.247 e. The maximum atomic E-state index is 5.80. The van der Waals surface area contributed by atoms with Crippen LogP contribution in [0.3, 0.4) is 0 Å². The number of nitrogens with zero attached hydrogens (tertiary/aromatic N) is 3. The van der Waals surface area contributed by atoms with Crippen LogP contribution in [0, 0.1) is 0 Å². The normalized spacial score (nSPS) is 20.1. The Morgan fingerprint density at radius 2 is 2.05 bits per heavy atom. The van der Waals surface area contributed by atoms with Gasteiger partial charge in [0.1, 0.15) is 0 Å². The van der Waals surface area contributed by atoms with E-state index in [0.29, 0.717) is 11.9 Å². The average Bonchev–Trinajstić information content (AvgIpc) is 2.97. The van der Waals surface area contributed by atoms with Crippen LogP contribution in [0.15, 0.2) is 34.7 Å². The third kappa shape index (κ3) is 2.90. The van der Waals surface area contributed by atoms with Crippen LogP contribution >= 0.6 is 0 Å². The molecule has 2 heterocycles. The molecule has 1 aromatic carbocycles. The van der Waals surface area contributed by atoms with Crippen molar-refractivity contribution in [2.75, 3.05) is 6.54 Å². The van der Waals surface area contributed by atoms with E-state index in [1.807, 2.05) is 30.3 Å².